The Morgan fingerprint density at radius 2 is 1.89 bits per heavy atom. The van der Waals surface area contributed by atoms with Gasteiger partial charge in [-0.15, -0.1) is 10.2 Å². The van der Waals surface area contributed by atoms with Crippen LogP contribution in [-0.2, 0) is 6.54 Å². The van der Waals surface area contributed by atoms with E-state index in [9.17, 15) is 4.79 Å². The van der Waals surface area contributed by atoms with Crippen molar-refractivity contribution in [1.29, 1.82) is 0 Å². The van der Waals surface area contributed by atoms with Crippen molar-refractivity contribution in [3.63, 3.8) is 0 Å². The van der Waals surface area contributed by atoms with Crippen LogP contribution in [0.1, 0.15) is 22.8 Å². The summed E-state index contributed by atoms with van der Waals surface area (Å²) in [6.07, 6.45) is 0. The minimum atomic E-state index is 0.0186. The van der Waals surface area contributed by atoms with Gasteiger partial charge in [0.15, 0.2) is 28.3 Å². The highest BCUT2D eigenvalue weighted by Crippen LogP contribution is 2.32. The van der Waals surface area contributed by atoms with Crippen LogP contribution in [0.15, 0.2) is 47.6 Å². The topological polar surface area (TPSA) is 66.2 Å². The molecule has 0 atom stereocenters. The standard InChI is InChI=1S/C21H21N3O3S/c1-3-24-20(16-7-5-4-6-14(16)2)22-23-21(24)28-13-17(25)15-8-9-18-19(12-15)27-11-10-26-18/h4-9,12H,3,10-11,13H2,1-2H3. The van der Waals surface area contributed by atoms with Crippen molar-refractivity contribution in [2.75, 3.05) is 19.0 Å². The fourth-order valence-corrected chi connectivity index (χ4v) is 4.03. The molecule has 0 spiro atoms. The summed E-state index contributed by atoms with van der Waals surface area (Å²) in [6, 6.07) is 13.4. The highest BCUT2D eigenvalue weighted by molar-refractivity contribution is 7.99. The molecule has 1 aliphatic rings. The van der Waals surface area contributed by atoms with Gasteiger partial charge in [0.25, 0.3) is 0 Å². The van der Waals surface area contributed by atoms with Crippen LogP contribution in [-0.4, -0.2) is 39.5 Å². The summed E-state index contributed by atoms with van der Waals surface area (Å²) in [5, 5.41) is 9.43. The van der Waals surface area contributed by atoms with Crippen molar-refractivity contribution in [2.45, 2.75) is 25.5 Å². The maximum Gasteiger partial charge on any atom is 0.191 e. The molecule has 0 fully saturated rings. The van der Waals surface area contributed by atoms with Crippen LogP contribution in [0, 0.1) is 6.92 Å². The molecule has 0 N–H and O–H groups in total. The third kappa shape index (κ3) is 3.62. The Labute approximate surface area is 167 Å². The van der Waals surface area contributed by atoms with Crippen molar-refractivity contribution < 1.29 is 14.3 Å². The van der Waals surface area contributed by atoms with Gasteiger partial charge in [0.1, 0.15) is 13.2 Å². The van der Waals surface area contributed by atoms with E-state index in [1.54, 1.807) is 18.2 Å². The number of nitrogens with zero attached hydrogens (tertiary/aromatic N) is 3. The predicted molar refractivity (Wildman–Crippen MR) is 108 cm³/mol. The Morgan fingerprint density at radius 3 is 2.68 bits per heavy atom. The number of Topliss-reactive ketones (excluding diaryl/α,β-unsaturated/α-hetero) is 1. The summed E-state index contributed by atoms with van der Waals surface area (Å²) >= 11 is 1.40. The summed E-state index contributed by atoms with van der Waals surface area (Å²) in [4.78, 5) is 12.7. The van der Waals surface area contributed by atoms with Gasteiger partial charge in [-0.1, -0.05) is 36.0 Å². The molecule has 0 unspecified atom stereocenters. The van der Waals surface area contributed by atoms with Gasteiger partial charge >= 0.3 is 0 Å². The monoisotopic (exact) mass is 395 g/mol. The van der Waals surface area contributed by atoms with E-state index >= 15 is 0 Å². The van der Waals surface area contributed by atoms with Crippen LogP contribution in [0.5, 0.6) is 11.5 Å². The van der Waals surface area contributed by atoms with Crippen molar-refractivity contribution in [3.8, 4) is 22.9 Å². The lowest BCUT2D eigenvalue weighted by Gasteiger charge is -2.18. The number of ketones is 1. The first-order valence-electron chi connectivity index (χ1n) is 9.22. The number of fused-ring (bicyclic) bond motifs is 1. The van der Waals surface area contributed by atoms with Gasteiger partial charge in [-0.25, -0.2) is 0 Å². The SMILES string of the molecule is CCn1c(SCC(=O)c2ccc3c(c2)OCCO3)nnc1-c1ccccc1C. The largest absolute Gasteiger partial charge is 0.486 e. The predicted octanol–water partition coefficient (Wildman–Crippen LogP) is 4.02. The first kappa shape index (κ1) is 18.6. The highest BCUT2D eigenvalue weighted by atomic mass is 32.2. The van der Waals surface area contributed by atoms with Crippen LogP contribution >= 0.6 is 11.8 Å². The number of rotatable bonds is 6. The molecule has 6 nitrogen and oxygen atoms in total. The Bertz CT molecular complexity index is 1020. The fraction of sp³-hybridized carbons (Fsp3) is 0.286. The molecule has 1 aromatic heterocycles. The second-order valence-corrected chi connectivity index (χ2v) is 7.38. The van der Waals surface area contributed by atoms with Gasteiger partial charge in [0, 0.05) is 17.7 Å². The average Bonchev–Trinajstić information content (AvgIpc) is 3.14. The number of hydrogen-bond acceptors (Lipinski definition) is 6. The van der Waals surface area contributed by atoms with Crippen molar-refractivity contribution in [1.82, 2.24) is 14.8 Å². The number of carbonyl (C=O) groups excluding carboxylic acids is 1. The van der Waals surface area contributed by atoms with Gasteiger partial charge in [0.2, 0.25) is 0 Å². The Hall–Kier alpha value is -2.80. The normalized spacial score (nSPS) is 12.8. The van der Waals surface area contributed by atoms with Crippen LogP contribution < -0.4 is 9.47 Å². The number of carbonyl (C=O) groups is 1. The molecule has 1 aliphatic heterocycles. The lowest BCUT2D eigenvalue weighted by Crippen LogP contribution is -2.16. The lowest BCUT2D eigenvalue weighted by atomic mass is 10.1. The molecule has 2 heterocycles. The minimum Gasteiger partial charge on any atom is -0.486 e. The van der Waals surface area contributed by atoms with Crippen LogP contribution in [0.4, 0.5) is 0 Å². The number of hydrogen-bond donors (Lipinski definition) is 0. The zero-order valence-corrected chi connectivity index (χ0v) is 16.7. The van der Waals surface area contributed by atoms with Gasteiger partial charge in [0.05, 0.1) is 5.75 Å². The lowest BCUT2D eigenvalue weighted by molar-refractivity contribution is 0.102. The van der Waals surface area contributed by atoms with Gasteiger partial charge in [-0.3, -0.25) is 4.79 Å². The molecule has 0 saturated heterocycles. The zero-order chi connectivity index (χ0) is 19.5. The van der Waals surface area contributed by atoms with E-state index in [1.807, 2.05) is 22.8 Å². The van der Waals surface area contributed by atoms with Crippen LogP contribution in [0.2, 0.25) is 0 Å². The maximum atomic E-state index is 12.7. The Morgan fingerprint density at radius 1 is 1.11 bits per heavy atom. The first-order chi connectivity index (χ1) is 13.7. The minimum absolute atomic E-state index is 0.0186. The summed E-state index contributed by atoms with van der Waals surface area (Å²) in [5.41, 5.74) is 2.81. The summed E-state index contributed by atoms with van der Waals surface area (Å²) in [7, 11) is 0. The molecule has 3 aromatic rings. The zero-order valence-electron chi connectivity index (χ0n) is 15.8. The van der Waals surface area contributed by atoms with Crippen molar-refractivity contribution >= 4 is 17.5 Å². The average molecular weight is 395 g/mol. The molecule has 0 amide bonds. The van der Waals surface area contributed by atoms with E-state index in [1.165, 1.54) is 11.8 Å². The smallest absolute Gasteiger partial charge is 0.191 e. The number of benzene rings is 2. The number of aromatic nitrogens is 3. The highest BCUT2D eigenvalue weighted by Gasteiger charge is 2.18. The molecule has 0 aliphatic carbocycles. The van der Waals surface area contributed by atoms with Crippen molar-refractivity contribution in [2.24, 2.45) is 0 Å². The molecule has 2 aromatic carbocycles. The molecule has 0 saturated carbocycles. The summed E-state index contributed by atoms with van der Waals surface area (Å²) < 4.78 is 13.1. The molecule has 7 heteroatoms. The third-order valence-electron chi connectivity index (χ3n) is 4.62. The van der Waals surface area contributed by atoms with Gasteiger partial charge in [-0.2, -0.15) is 0 Å². The van der Waals surface area contributed by atoms with Crippen LogP contribution in [0.25, 0.3) is 11.4 Å². The number of thioether (sulfide) groups is 1. The quantitative estimate of drug-likeness (QED) is 0.464. The fourth-order valence-electron chi connectivity index (χ4n) is 3.13. The summed E-state index contributed by atoms with van der Waals surface area (Å²) in [5.74, 6) is 2.44. The molecule has 0 bridgehead atoms. The van der Waals surface area contributed by atoms with E-state index in [4.69, 9.17) is 9.47 Å². The molecular formula is C21H21N3O3S. The number of ether oxygens (including phenoxy) is 2. The maximum absolute atomic E-state index is 12.7. The molecule has 4 rings (SSSR count). The van der Waals surface area contributed by atoms with E-state index in [0.29, 0.717) is 30.3 Å². The van der Waals surface area contributed by atoms with E-state index in [-0.39, 0.29) is 11.5 Å². The first-order valence-corrected chi connectivity index (χ1v) is 10.2. The van der Waals surface area contributed by atoms with Gasteiger partial charge < -0.3 is 14.0 Å². The summed E-state index contributed by atoms with van der Waals surface area (Å²) in [6.45, 7) is 5.88. The number of aryl methyl sites for hydroxylation is 1. The Kier molecular flexibility index (Phi) is 5.34. The van der Waals surface area contributed by atoms with Gasteiger partial charge in [-0.05, 0) is 37.6 Å². The third-order valence-corrected chi connectivity index (χ3v) is 5.58. The Balaban J connectivity index is 1.51. The second-order valence-electron chi connectivity index (χ2n) is 6.44. The van der Waals surface area contributed by atoms with Crippen LogP contribution in [0.3, 0.4) is 0 Å². The molecular weight excluding hydrogens is 374 g/mol. The molecule has 28 heavy (non-hydrogen) atoms. The van der Waals surface area contributed by atoms with E-state index in [2.05, 4.69) is 30.1 Å². The van der Waals surface area contributed by atoms with Crippen molar-refractivity contribution in [3.05, 3.63) is 53.6 Å². The van der Waals surface area contributed by atoms with E-state index < -0.39 is 0 Å². The molecule has 0 radical (unpaired) electrons. The van der Waals surface area contributed by atoms with E-state index in [0.717, 1.165) is 28.7 Å². The molecule has 144 valence electrons. The second kappa shape index (κ2) is 8.06.